The summed E-state index contributed by atoms with van der Waals surface area (Å²) in [5.41, 5.74) is 1.65. The van der Waals surface area contributed by atoms with Crippen molar-refractivity contribution >= 4 is 21.6 Å². The minimum absolute atomic E-state index is 0.0194. The molecule has 0 aromatic heterocycles. The first-order chi connectivity index (χ1) is 9.19. The molecule has 1 aromatic rings. The van der Waals surface area contributed by atoms with Gasteiger partial charge in [-0.1, -0.05) is 19.3 Å². The van der Waals surface area contributed by atoms with E-state index >= 15 is 0 Å². The van der Waals surface area contributed by atoms with Crippen LogP contribution in [0.15, 0.2) is 22.7 Å². The fourth-order valence-electron chi connectivity index (χ4n) is 2.70. The molecule has 1 saturated carbocycles. The predicted molar refractivity (Wildman–Crippen MR) is 80.0 cm³/mol. The largest absolute Gasteiger partial charge is 0.396 e. The van der Waals surface area contributed by atoms with E-state index in [9.17, 15) is 5.11 Å². The van der Waals surface area contributed by atoms with E-state index in [0.29, 0.717) is 5.56 Å². The van der Waals surface area contributed by atoms with E-state index < -0.39 is 0 Å². The van der Waals surface area contributed by atoms with E-state index in [0.717, 1.165) is 29.5 Å². The lowest BCUT2D eigenvalue weighted by Gasteiger charge is -2.36. The monoisotopic (exact) mass is 322 g/mol. The highest BCUT2D eigenvalue weighted by atomic mass is 79.9. The Bertz CT molecular complexity index is 476. The lowest BCUT2D eigenvalue weighted by Crippen LogP contribution is -2.35. The van der Waals surface area contributed by atoms with Gasteiger partial charge in [0.25, 0.3) is 0 Å². The molecule has 0 bridgehead atoms. The highest BCUT2D eigenvalue weighted by Gasteiger charge is 2.31. The Morgan fingerprint density at radius 2 is 2.05 bits per heavy atom. The predicted octanol–water partition coefficient (Wildman–Crippen LogP) is 3.68. The average molecular weight is 323 g/mol. The fraction of sp³-hybridized carbons (Fsp3) is 0.533. The summed E-state index contributed by atoms with van der Waals surface area (Å²) in [7, 11) is 0. The van der Waals surface area contributed by atoms with E-state index in [2.05, 4.69) is 27.3 Å². The van der Waals surface area contributed by atoms with Crippen LogP contribution in [0.3, 0.4) is 0 Å². The van der Waals surface area contributed by atoms with E-state index in [1.54, 1.807) is 6.07 Å². The molecule has 2 N–H and O–H groups in total. The van der Waals surface area contributed by atoms with Crippen molar-refractivity contribution in [2.24, 2.45) is 5.41 Å². The number of benzene rings is 1. The maximum atomic E-state index is 9.68. The first kappa shape index (κ1) is 14.4. The SMILES string of the molecule is N#Cc1ccc(NCC2(CO)CCCCC2)c(Br)c1. The molecule has 3 nitrogen and oxygen atoms in total. The third-order valence-corrected chi connectivity index (χ3v) is 4.66. The van der Waals surface area contributed by atoms with Crippen LogP contribution in [-0.4, -0.2) is 18.3 Å². The third kappa shape index (κ3) is 3.49. The number of nitriles is 1. The molecule has 0 atom stereocenters. The molecule has 19 heavy (non-hydrogen) atoms. The van der Waals surface area contributed by atoms with Crippen LogP contribution in [0.5, 0.6) is 0 Å². The molecular weight excluding hydrogens is 304 g/mol. The van der Waals surface area contributed by atoms with Crippen LogP contribution >= 0.6 is 15.9 Å². The highest BCUT2D eigenvalue weighted by molar-refractivity contribution is 9.10. The van der Waals surface area contributed by atoms with Crippen LogP contribution in [0.1, 0.15) is 37.7 Å². The topological polar surface area (TPSA) is 56.0 Å². The molecule has 1 aliphatic rings. The standard InChI is InChI=1S/C15H19BrN2O/c16-13-8-12(9-17)4-5-14(13)18-10-15(11-19)6-2-1-3-7-15/h4-5,8,18-19H,1-3,6-7,10-11H2. The van der Waals surface area contributed by atoms with Crippen LogP contribution < -0.4 is 5.32 Å². The summed E-state index contributed by atoms with van der Waals surface area (Å²) in [5, 5.41) is 21.9. The maximum absolute atomic E-state index is 9.68. The number of aliphatic hydroxyl groups is 1. The number of nitrogens with zero attached hydrogens (tertiary/aromatic N) is 1. The Kier molecular flexibility index (Phi) is 4.84. The van der Waals surface area contributed by atoms with Gasteiger partial charge in [0.15, 0.2) is 0 Å². The molecule has 4 heteroatoms. The first-order valence-electron chi connectivity index (χ1n) is 6.73. The first-order valence-corrected chi connectivity index (χ1v) is 7.53. The molecule has 0 radical (unpaired) electrons. The summed E-state index contributed by atoms with van der Waals surface area (Å²) in [5.74, 6) is 0. The summed E-state index contributed by atoms with van der Waals surface area (Å²) in [4.78, 5) is 0. The van der Waals surface area contributed by atoms with Gasteiger partial charge in [-0.15, -0.1) is 0 Å². The fourth-order valence-corrected chi connectivity index (χ4v) is 3.22. The Labute approximate surface area is 122 Å². The molecule has 0 saturated heterocycles. The van der Waals surface area contributed by atoms with E-state index in [1.165, 1.54) is 19.3 Å². The molecule has 1 fully saturated rings. The van der Waals surface area contributed by atoms with Gasteiger partial charge in [-0.2, -0.15) is 5.26 Å². The van der Waals surface area contributed by atoms with Gasteiger partial charge >= 0.3 is 0 Å². The minimum Gasteiger partial charge on any atom is -0.396 e. The van der Waals surface area contributed by atoms with E-state index in [1.807, 2.05) is 12.1 Å². The van der Waals surface area contributed by atoms with Gasteiger partial charge in [0.1, 0.15) is 0 Å². The molecule has 1 aliphatic carbocycles. The Hall–Kier alpha value is -1.05. The van der Waals surface area contributed by atoms with Gasteiger partial charge in [0.2, 0.25) is 0 Å². The van der Waals surface area contributed by atoms with Crippen molar-refractivity contribution in [1.82, 2.24) is 0 Å². The molecule has 0 spiro atoms. The molecular formula is C15H19BrN2O. The second kappa shape index (κ2) is 6.40. The average Bonchev–Trinajstić information content (AvgIpc) is 2.47. The molecule has 102 valence electrons. The molecule has 0 unspecified atom stereocenters. The summed E-state index contributed by atoms with van der Waals surface area (Å²) in [6.07, 6.45) is 5.87. The minimum atomic E-state index is 0.0194. The lowest BCUT2D eigenvalue weighted by atomic mass is 9.74. The number of anilines is 1. The van der Waals surface area contributed by atoms with Crippen LogP contribution in [0, 0.1) is 16.7 Å². The van der Waals surface area contributed by atoms with Crippen molar-refractivity contribution in [2.75, 3.05) is 18.5 Å². The number of rotatable bonds is 4. The van der Waals surface area contributed by atoms with Gasteiger partial charge < -0.3 is 10.4 Å². The number of halogens is 1. The van der Waals surface area contributed by atoms with Gasteiger partial charge in [0.05, 0.1) is 18.2 Å². The smallest absolute Gasteiger partial charge is 0.0992 e. The Morgan fingerprint density at radius 1 is 1.32 bits per heavy atom. The molecule has 1 aromatic carbocycles. The lowest BCUT2D eigenvalue weighted by molar-refractivity contribution is 0.0944. The van der Waals surface area contributed by atoms with E-state index in [-0.39, 0.29) is 12.0 Å². The summed E-state index contributed by atoms with van der Waals surface area (Å²) in [6.45, 7) is 1.03. The Balaban J connectivity index is 2.03. The number of aliphatic hydroxyl groups excluding tert-OH is 1. The molecule has 0 amide bonds. The van der Waals surface area contributed by atoms with Crippen molar-refractivity contribution < 1.29 is 5.11 Å². The number of hydrogen-bond acceptors (Lipinski definition) is 3. The normalized spacial score (nSPS) is 17.7. The van der Waals surface area contributed by atoms with Gasteiger partial charge in [0, 0.05) is 22.1 Å². The van der Waals surface area contributed by atoms with Crippen molar-refractivity contribution in [2.45, 2.75) is 32.1 Å². The van der Waals surface area contributed by atoms with Crippen molar-refractivity contribution in [3.05, 3.63) is 28.2 Å². The quantitative estimate of drug-likeness (QED) is 0.889. The zero-order chi connectivity index (χ0) is 13.7. The summed E-state index contributed by atoms with van der Waals surface area (Å²) in [6, 6.07) is 7.65. The van der Waals surface area contributed by atoms with Crippen LogP contribution in [0.2, 0.25) is 0 Å². The van der Waals surface area contributed by atoms with Crippen molar-refractivity contribution in [3.63, 3.8) is 0 Å². The van der Waals surface area contributed by atoms with Crippen LogP contribution in [-0.2, 0) is 0 Å². The highest BCUT2D eigenvalue weighted by Crippen LogP contribution is 2.36. The summed E-state index contributed by atoms with van der Waals surface area (Å²) < 4.78 is 0.899. The van der Waals surface area contributed by atoms with Gasteiger partial charge in [-0.05, 0) is 47.0 Å². The second-order valence-electron chi connectivity index (χ2n) is 5.38. The maximum Gasteiger partial charge on any atom is 0.0992 e. The Morgan fingerprint density at radius 3 is 2.63 bits per heavy atom. The van der Waals surface area contributed by atoms with Crippen LogP contribution in [0.4, 0.5) is 5.69 Å². The number of nitrogens with one attached hydrogen (secondary N) is 1. The van der Waals surface area contributed by atoms with E-state index in [4.69, 9.17) is 5.26 Å². The third-order valence-electron chi connectivity index (χ3n) is 4.00. The zero-order valence-electron chi connectivity index (χ0n) is 11.0. The number of hydrogen-bond donors (Lipinski definition) is 2. The van der Waals surface area contributed by atoms with Crippen LogP contribution in [0.25, 0.3) is 0 Å². The second-order valence-corrected chi connectivity index (χ2v) is 6.23. The molecule has 2 rings (SSSR count). The van der Waals surface area contributed by atoms with Gasteiger partial charge in [-0.25, -0.2) is 0 Å². The molecule has 0 heterocycles. The molecule has 0 aliphatic heterocycles. The summed E-state index contributed by atoms with van der Waals surface area (Å²) >= 11 is 3.48. The van der Waals surface area contributed by atoms with Crippen molar-refractivity contribution in [1.29, 1.82) is 5.26 Å². The zero-order valence-corrected chi connectivity index (χ0v) is 12.5. The van der Waals surface area contributed by atoms with Gasteiger partial charge in [-0.3, -0.25) is 0 Å². The van der Waals surface area contributed by atoms with Crippen molar-refractivity contribution in [3.8, 4) is 6.07 Å².